The summed E-state index contributed by atoms with van der Waals surface area (Å²) in [6.45, 7) is 0.277. The van der Waals surface area contributed by atoms with Crippen LogP contribution in [0.25, 0.3) is 0 Å². The topological polar surface area (TPSA) is 228 Å². The largest absolute Gasteiger partial charge is 0.492 e. The number of hydroxylamine groups is 1. The van der Waals surface area contributed by atoms with Crippen molar-refractivity contribution >= 4 is 39.5 Å². The number of aliphatic imine (C=N–C) groups is 1. The molecule has 0 spiro atoms. The predicted octanol–water partition coefficient (Wildman–Crippen LogP) is 0.770. The Bertz CT molecular complexity index is 1600. The van der Waals surface area contributed by atoms with Crippen LogP contribution in [0.15, 0.2) is 35.3 Å². The number of carboxylic acid groups (broad SMARTS) is 1. The zero-order valence-electron chi connectivity index (χ0n) is 25.0. The summed E-state index contributed by atoms with van der Waals surface area (Å²) in [7, 11) is 2.61. The van der Waals surface area contributed by atoms with Crippen LogP contribution in [0.1, 0.15) is 29.6 Å². The summed E-state index contributed by atoms with van der Waals surface area (Å²) >= 11 is 0. The number of aliphatic hydroxyl groups excluding tert-OH is 1. The van der Waals surface area contributed by atoms with Gasteiger partial charge in [0.05, 0.1) is 24.8 Å². The van der Waals surface area contributed by atoms with Crippen molar-refractivity contribution < 1.29 is 67.9 Å². The molecule has 5 heterocycles. The summed E-state index contributed by atoms with van der Waals surface area (Å²) in [5.74, 6) is -1.73. The van der Waals surface area contributed by atoms with Gasteiger partial charge in [-0.1, -0.05) is 21.6 Å². The van der Waals surface area contributed by atoms with Gasteiger partial charge in [-0.05, 0) is 24.3 Å². The van der Waals surface area contributed by atoms with Crippen molar-refractivity contribution in [1.82, 2.24) is 5.48 Å². The van der Waals surface area contributed by atoms with Gasteiger partial charge in [0, 0.05) is 22.9 Å². The third kappa shape index (κ3) is 6.58. The Morgan fingerprint density at radius 1 is 1.08 bits per heavy atom. The van der Waals surface area contributed by atoms with E-state index in [-0.39, 0.29) is 30.2 Å². The number of carbonyl (C=O) groups excluding carboxylic acids is 1. The number of hydrogen-bond acceptors (Lipinski definition) is 18. The van der Waals surface area contributed by atoms with E-state index < -0.39 is 61.3 Å². The third-order valence-corrected chi connectivity index (χ3v) is 10.5. The first-order chi connectivity index (χ1) is 23.2. The van der Waals surface area contributed by atoms with Crippen LogP contribution in [0.3, 0.4) is 0 Å². The second-order valence-electron chi connectivity index (χ2n) is 11.3. The van der Waals surface area contributed by atoms with Gasteiger partial charge >= 0.3 is 11.9 Å². The number of carbonyl (C=O) groups is 2. The highest BCUT2D eigenvalue weighted by Gasteiger charge is 2.57. The molecule has 258 valence electrons. The summed E-state index contributed by atoms with van der Waals surface area (Å²) < 4.78 is 34.3. The van der Waals surface area contributed by atoms with Gasteiger partial charge in [-0.2, -0.15) is 4.89 Å². The van der Waals surface area contributed by atoms with E-state index in [2.05, 4.69) is 10.5 Å². The molecule has 1 saturated heterocycles. The van der Waals surface area contributed by atoms with Crippen LogP contribution in [0, 0.1) is 0 Å². The van der Waals surface area contributed by atoms with E-state index in [4.69, 9.17) is 53.9 Å². The Morgan fingerprint density at radius 3 is 2.75 bits per heavy atom. The predicted molar refractivity (Wildman–Crippen MR) is 165 cm³/mol. The molecular formula is C29H31N3O14S2. The number of benzene rings is 2. The summed E-state index contributed by atoms with van der Waals surface area (Å²) in [5, 5.41) is 32.0. The highest BCUT2D eigenvalue weighted by Crippen LogP contribution is 2.54. The minimum absolute atomic E-state index is 0.0994. The van der Waals surface area contributed by atoms with Gasteiger partial charge in [0.25, 0.3) is 0 Å². The van der Waals surface area contributed by atoms with Gasteiger partial charge in [0.2, 0.25) is 18.5 Å². The molecule has 0 aliphatic carbocycles. The van der Waals surface area contributed by atoms with Gasteiger partial charge < -0.3 is 54.4 Å². The van der Waals surface area contributed by atoms with Gasteiger partial charge in [-0.3, -0.25) is 19.4 Å². The average Bonchev–Trinajstić information content (AvgIpc) is 3.67. The Kier molecular flexibility index (Phi) is 9.24. The first kappa shape index (κ1) is 32.7. The van der Waals surface area contributed by atoms with Crippen LogP contribution >= 0.6 is 21.6 Å². The lowest BCUT2D eigenvalue weighted by atomic mass is 9.89. The number of nitrogens with zero attached hydrogens (tertiary/aromatic N) is 1. The zero-order chi connectivity index (χ0) is 33.4. The van der Waals surface area contributed by atoms with Crippen LogP contribution < -0.4 is 35.0 Å². The van der Waals surface area contributed by atoms with Crippen molar-refractivity contribution in [2.75, 3.05) is 38.1 Å². The molecule has 7 atom stereocenters. The molecule has 6 N–H and O–H groups in total. The molecule has 7 rings (SSSR count). The van der Waals surface area contributed by atoms with Gasteiger partial charge in [0.15, 0.2) is 23.4 Å². The van der Waals surface area contributed by atoms with Crippen LogP contribution in [0.2, 0.25) is 0 Å². The lowest BCUT2D eigenvalue weighted by molar-refractivity contribution is -0.407. The van der Waals surface area contributed by atoms with Crippen LogP contribution in [0.5, 0.6) is 28.7 Å². The highest BCUT2D eigenvalue weighted by atomic mass is 33.1. The van der Waals surface area contributed by atoms with E-state index in [0.29, 0.717) is 47.5 Å². The van der Waals surface area contributed by atoms with Crippen molar-refractivity contribution in [3.05, 3.63) is 41.5 Å². The number of nitrogens with two attached hydrogens (primary N) is 1. The Labute approximate surface area is 280 Å². The first-order valence-corrected chi connectivity index (χ1v) is 17.3. The molecule has 2 aromatic rings. The van der Waals surface area contributed by atoms with Crippen molar-refractivity contribution in [2.45, 2.75) is 48.6 Å². The van der Waals surface area contributed by atoms with Crippen LogP contribution in [-0.4, -0.2) is 101 Å². The van der Waals surface area contributed by atoms with E-state index in [0.717, 1.165) is 5.56 Å². The number of hydrogen-bond donors (Lipinski definition) is 5. The fourth-order valence-electron chi connectivity index (χ4n) is 5.84. The second-order valence-corrected chi connectivity index (χ2v) is 13.9. The monoisotopic (exact) mass is 709 g/mol. The van der Waals surface area contributed by atoms with E-state index in [1.54, 1.807) is 24.3 Å². The molecular weight excluding hydrogens is 678 g/mol. The van der Waals surface area contributed by atoms with Crippen LogP contribution in [0.4, 0.5) is 0 Å². The third-order valence-electron chi connectivity index (χ3n) is 8.10. The number of rotatable bonds is 7. The van der Waals surface area contributed by atoms with E-state index in [1.807, 2.05) is 6.07 Å². The molecule has 1 fully saturated rings. The van der Waals surface area contributed by atoms with E-state index >= 15 is 0 Å². The molecule has 2 bridgehead atoms. The second kappa shape index (κ2) is 13.6. The number of ether oxygens (including phenoxy) is 6. The van der Waals surface area contributed by atoms with Crippen molar-refractivity contribution in [1.29, 1.82) is 0 Å². The van der Waals surface area contributed by atoms with Crippen LogP contribution in [-0.2, 0) is 28.8 Å². The fourth-order valence-corrected chi connectivity index (χ4v) is 7.95. The molecule has 5 aliphatic rings. The van der Waals surface area contributed by atoms with Crippen molar-refractivity contribution in [3.8, 4) is 28.7 Å². The summed E-state index contributed by atoms with van der Waals surface area (Å²) in [5.41, 5.74) is 9.97. The molecule has 48 heavy (non-hydrogen) atoms. The average molecular weight is 710 g/mol. The maximum atomic E-state index is 11.9. The Hall–Kier alpha value is -3.85. The zero-order valence-corrected chi connectivity index (χ0v) is 26.6. The SMILES string of the molecule is NC1=NCCSSC[C@@]2(O)O[C@H](COC(=O)CC(=O)O)[C@@H](O)[C@H](ON1)[C@H]2OOc1ccc2c(c1)[C@H]1Oc3cc4c(cc3[C@H]1CO2)OCO4. The minimum Gasteiger partial charge on any atom is -0.492 e. The number of esters is 1. The van der Waals surface area contributed by atoms with E-state index in [1.165, 1.54) is 21.6 Å². The lowest BCUT2D eigenvalue weighted by Crippen LogP contribution is -2.69. The maximum absolute atomic E-state index is 11.9. The summed E-state index contributed by atoms with van der Waals surface area (Å²) in [6.07, 6.45) is -7.21. The number of aliphatic carboxylic acids is 1. The summed E-state index contributed by atoms with van der Waals surface area (Å²) in [4.78, 5) is 44.2. The molecule has 0 saturated carbocycles. The molecule has 2 aromatic carbocycles. The molecule has 0 aromatic heterocycles. The van der Waals surface area contributed by atoms with Gasteiger partial charge in [-0.15, -0.1) is 0 Å². The molecule has 5 aliphatic heterocycles. The van der Waals surface area contributed by atoms with Gasteiger partial charge in [0.1, 0.15) is 48.9 Å². The number of aliphatic hydroxyl groups is 2. The minimum atomic E-state index is -2.18. The number of fused-ring (bicyclic) bond motifs is 8. The molecule has 0 amide bonds. The normalized spacial score (nSPS) is 30.3. The molecule has 0 unspecified atom stereocenters. The number of carboxylic acids is 1. The van der Waals surface area contributed by atoms with Crippen molar-refractivity contribution in [2.24, 2.45) is 10.7 Å². The quantitative estimate of drug-likeness (QED) is 0.0879. The Balaban J connectivity index is 1.11. The van der Waals surface area contributed by atoms with E-state index in [9.17, 15) is 19.8 Å². The smallest absolute Gasteiger partial charge is 0.317 e. The molecule has 17 nitrogen and oxygen atoms in total. The maximum Gasteiger partial charge on any atom is 0.317 e. The molecule has 19 heteroatoms. The number of nitrogens with one attached hydrogen (secondary N) is 1. The highest BCUT2D eigenvalue weighted by molar-refractivity contribution is 8.76. The summed E-state index contributed by atoms with van der Waals surface area (Å²) in [6, 6.07) is 8.69. The molecule has 0 radical (unpaired) electrons. The Morgan fingerprint density at radius 2 is 1.92 bits per heavy atom. The van der Waals surface area contributed by atoms with Crippen molar-refractivity contribution in [3.63, 3.8) is 0 Å². The standard InChI is InChI=1S/C29H31N3O14S2/c30-28-31-3-4-47-48-11-29(37)27(26(44-32-28)24(36)21(43-29)10-39-23(35)8-22(33)34)46-45-13-1-2-17-15(5-13)25-16(9-38-17)14-6-19-20(41-12-40-19)7-18(14)42-25/h1-2,5-7,16,21,24-27,36-37H,3-4,8-12H2,(H,33,34)(H3,30,31,32)/t16-,21-,24-,25-,26+,27-,29-/m1/s1. The fraction of sp³-hybridized carbons (Fsp3) is 0.483. The number of guanidine groups is 1. The van der Waals surface area contributed by atoms with Gasteiger partial charge in [-0.25, -0.2) is 5.48 Å². The first-order valence-electron chi connectivity index (χ1n) is 14.8. The lowest BCUT2D eigenvalue weighted by Gasteiger charge is -2.47.